The van der Waals surface area contributed by atoms with Gasteiger partial charge in [-0.3, -0.25) is 14.5 Å². The number of ketones is 1. The molecule has 1 N–H and O–H groups in total. The van der Waals surface area contributed by atoms with Crippen LogP contribution in [0.5, 0.6) is 0 Å². The number of benzene rings is 4. The van der Waals surface area contributed by atoms with Gasteiger partial charge in [0.2, 0.25) is 0 Å². The quantitative estimate of drug-likeness (QED) is 0.335. The zero-order valence-electron chi connectivity index (χ0n) is 19.7. The van der Waals surface area contributed by atoms with Gasteiger partial charge in [0, 0.05) is 36.3 Å². The number of amides is 1. The molecule has 2 aliphatic rings. The summed E-state index contributed by atoms with van der Waals surface area (Å²) in [6.07, 6.45) is 3.07. The van der Waals surface area contributed by atoms with E-state index in [1.807, 2.05) is 36.4 Å². The molecule has 0 unspecified atom stereocenters. The number of hydrogen-bond donors (Lipinski definition) is 1. The molecule has 1 aliphatic carbocycles. The fourth-order valence-electron chi connectivity index (χ4n) is 5.54. The third kappa shape index (κ3) is 4.04. The number of hydrogen-bond acceptors (Lipinski definition) is 3. The molecule has 1 aliphatic heterocycles. The molecule has 0 saturated heterocycles. The Balaban J connectivity index is 1.00. The van der Waals surface area contributed by atoms with E-state index in [-0.39, 0.29) is 11.7 Å². The van der Waals surface area contributed by atoms with Gasteiger partial charge in [-0.15, -0.1) is 0 Å². The standard InChI is InChI=1S/C31H28N2O2/c34-30-28-10-4-3-9-26(28)27-14-13-22(19-29(27)30)31(35)32-16-5-6-17-33-18-15-25-23(20-33)12-11-21-7-1-2-8-24(21)25/h1-4,7-14,19H,5-6,15-18,20H2,(H,32,35). The number of nitrogens with one attached hydrogen (secondary N) is 1. The van der Waals surface area contributed by atoms with Gasteiger partial charge in [0.1, 0.15) is 0 Å². The monoisotopic (exact) mass is 460 g/mol. The van der Waals surface area contributed by atoms with Crippen molar-refractivity contribution in [1.29, 1.82) is 0 Å². The number of unbranched alkanes of at least 4 members (excludes halogenated alkanes) is 1. The summed E-state index contributed by atoms with van der Waals surface area (Å²) < 4.78 is 0. The van der Waals surface area contributed by atoms with Crippen LogP contribution in [0.15, 0.2) is 78.9 Å². The van der Waals surface area contributed by atoms with E-state index < -0.39 is 0 Å². The molecule has 174 valence electrons. The second-order valence-electron chi connectivity index (χ2n) is 9.55. The number of nitrogens with zero attached hydrogens (tertiary/aromatic N) is 1. The number of carbonyl (C=O) groups is 2. The van der Waals surface area contributed by atoms with Crippen molar-refractivity contribution < 1.29 is 9.59 Å². The fraction of sp³-hybridized carbons (Fsp3) is 0.226. The maximum atomic E-state index is 12.7. The van der Waals surface area contributed by atoms with Gasteiger partial charge in [-0.2, -0.15) is 0 Å². The Morgan fingerprint density at radius 2 is 1.63 bits per heavy atom. The summed E-state index contributed by atoms with van der Waals surface area (Å²) in [5.41, 5.74) is 6.70. The van der Waals surface area contributed by atoms with Crippen LogP contribution in [0.25, 0.3) is 21.9 Å². The lowest BCUT2D eigenvalue weighted by molar-refractivity contribution is 0.0952. The topological polar surface area (TPSA) is 49.4 Å². The van der Waals surface area contributed by atoms with Gasteiger partial charge >= 0.3 is 0 Å². The molecular weight excluding hydrogens is 432 g/mol. The zero-order chi connectivity index (χ0) is 23.8. The minimum atomic E-state index is -0.115. The van der Waals surface area contributed by atoms with E-state index in [4.69, 9.17) is 0 Å². The third-order valence-corrected chi connectivity index (χ3v) is 7.38. The summed E-state index contributed by atoms with van der Waals surface area (Å²) in [7, 11) is 0. The number of fused-ring (bicyclic) bond motifs is 6. The SMILES string of the molecule is O=C(NCCCCN1CCc2c(ccc3ccccc23)C1)c1ccc2c(c1)C(=O)c1ccccc1-2. The van der Waals surface area contributed by atoms with E-state index >= 15 is 0 Å². The van der Waals surface area contributed by atoms with Crippen LogP contribution in [-0.4, -0.2) is 36.2 Å². The summed E-state index contributed by atoms with van der Waals surface area (Å²) in [5.74, 6) is -0.114. The third-order valence-electron chi connectivity index (χ3n) is 7.38. The van der Waals surface area contributed by atoms with E-state index in [0.717, 1.165) is 50.0 Å². The molecule has 6 rings (SSSR count). The molecule has 4 aromatic rings. The van der Waals surface area contributed by atoms with Crippen LogP contribution in [0.1, 0.15) is 50.2 Å². The van der Waals surface area contributed by atoms with E-state index in [1.165, 1.54) is 21.9 Å². The highest BCUT2D eigenvalue weighted by molar-refractivity contribution is 6.22. The van der Waals surface area contributed by atoms with Crippen molar-refractivity contribution in [3.63, 3.8) is 0 Å². The zero-order valence-corrected chi connectivity index (χ0v) is 19.7. The highest BCUT2D eigenvalue weighted by Gasteiger charge is 2.27. The molecule has 0 spiro atoms. The van der Waals surface area contributed by atoms with E-state index in [2.05, 4.69) is 46.6 Å². The Bertz CT molecular complexity index is 1460. The summed E-state index contributed by atoms with van der Waals surface area (Å²) in [5, 5.41) is 5.75. The molecule has 0 saturated carbocycles. The number of carbonyl (C=O) groups excluding carboxylic acids is 2. The number of rotatable bonds is 6. The minimum Gasteiger partial charge on any atom is -0.352 e. The molecule has 1 heterocycles. The van der Waals surface area contributed by atoms with Crippen LogP contribution < -0.4 is 5.32 Å². The molecule has 0 fully saturated rings. The first kappa shape index (κ1) is 21.8. The summed E-state index contributed by atoms with van der Waals surface area (Å²) >= 11 is 0. The van der Waals surface area contributed by atoms with Crippen LogP contribution in [0.2, 0.25) is 0 Å². The van der Waals surface area contributed by atoms with Crippen molar-refractivity contribution >= 4 is 22.5 Å². The lowest BCUT2D eigenvalue weighted by atomic mass is 9.93. The molecule has 0 bridgehead atoms. The second kappa shape index (κ2) is 9.12. The minimum absolute atomic E-state index is 0.00125. The van der Waals surface area contributed by atoms with E-state index in [9.17, 15) is 9.59 Å². The smallest absolute Gasteiger partial charge is 0.251 e. The first-order valence-corrected chi connectivity index (χ1v) is 12.5. The molecule has 35 heavy (non-hydrogen) atoms. The fourth-order valence-corrected chi connectivity index (χ4v) is 5.54. The Labute approximate surface area is 205 Å². The van der Waals surface area contributed by atoms with Crippen molar-refractivity contribution in [1.82, 2.24) is 10.2 Å². The van der Waals surface area contributed by atoms with Gasteiger partial charge in [-0.25, -0.2) is 0 Å². The lowest BCUT2D eigenvalue weighted by Crippen LogP contribution is -2.32. The largest absolute Gasteiger partial charge is 0.352 e. The van der Waals surface area contributed by atoms with Gasteiger partial charge in [-0.05, 0) is 71.0 Å². The highest BCUT2D eigenvalue weighted by Crippen LogP contribution is 2.36. The van der Waals surface area contributed by atoms with Gasteiger partial charge in [0.05, 0.1) is 0 Å². The molecule has 4 nitrogen and oxygen atoms in total. The van der Waals surface area contributed by atoms with Crippen LogP contribution in [0.3, 0.4) is 0 Å². The summed E-state index contributed by atoms with van der Waals surface area (Å²) in [4.78, 5) is 27.9. The van der Waals surface area contributed by atoms with Crippen molar-refractivity contribution in [2.24, 2.45) is 0 Å². The normalized spacial score (nSPS) is 14.5. The Kier molecular flexibility index (Phi) is 5.67. The average Bonchev–Trinajstić information content (AvgIpc) is 3.19. The van der Waals surface area contributed by atoms with Gasteiger partial charge in [0.15, 0.2) is 5.78 Å². The molecular formula is C31H28N2O2. The van der Waals surface area contributed by atoms with Crippen molar-refractivity contribution in [3.05, 3.63) is 107 Å². The molecule has 4 heteroatoms. The van der Waals surface area contributed by atoms with Gasteiger partial charge in [0.25, 0.3) is 5.91 Å². The molecule has 0 atom stereocenters. The van der Waals surface area contributed by atoms with Crippen LogP contribution in [0.4, 0.5) is 0 Å². The summed E-state index contributed by atoms with van der Waals surface area (Å²) in [6, 6.07) is 26.2. The van der Waals surface area contributed by atoms with Crippen molar-refractivity contribution in [3.8, 4) is 11.1 Å². The average molecular weight is 461 g/mol. The predicted molar refractivity (Wildman–Crippen MR) is 140 cm³/mol. The maximum absolute atomic E-state index is 12.7. The molecule has 0 aromatic heterocycles. The van der Waals surface area contributed by atoms with Gasteiger partial charge < -0.3 is 5.32 Å². The first-order chi connectivity index (χ1) is 17.2. The first-order valence-electron chi connectivity index (χ1n) is 12.5. The highest BCUT2D eigenvalue weighted by atomic mass is 16.1. The van der Waals surface area contributed by atoms with E-state index in [0.29, 0.717) is 23.2 Å². The molecule has 0 radical (unpaired) electrons. The molecule has 4 aromatic carbocycles. The lowest BCUT2D eigenvalue weighted by Gasteiger charge is -2.29. The Morgan fingerprint density at radius 1 is 0.829 bits per heavy atom. The van der Waals surface area contributed by atoms with Gasteiger partial charge in [-0.1, -0.05) is 66.7 Å². The van der Waals surface area contributed by atoms with Crippen molar-refractivity contribution in [2.75, 3.05) is 19.6 Å². The Morgan fingerprint density at radius 3 is 2.54 bits per heavy atom. The van der Waals surface area contributed by atoms with Crippen LogP contribution in [0, 0.1) is 0 Å². The maximum Gasteiger partial charge on any atom is 0.251 e. The molecule has 1 amide bonds. The summed E-state index contributed by atoms with van der Waals surface area (Å²) in [6.45, 7) is 3.75. The van der Waals surface area contributed by atoms with Crippen LogP contribution >= 0.6 is 0 Å². The van der Waals surface area contributed by atoms with Crippen LogP contribution in [-0.2, 0) is 13.0 Å². The van der Waals surface area contributed by atoms with Crippen molar-refractivity contribution in [2.45, 2.75) is 25.8 Å². The Hall–Kier alpha value is -3.76. The van der Waals surface area contributed by atoms with E-state index in [1.54, 1.807) is 6.07 Å². The predicted octanol–water partition coefficient (Wildman–Crippen LogP) is 5.62. The second-order valence-corrected chi connectivity index (χ2v) is 9.55.